The Morgan fingerprint density at radius 2 is 2.22 bits per heavy atom. The zero-order chi connectivity index (χ0) is 13.0. The molecule has 2 aromatic rings. The van der Waals surface area contributed by atoms with E-state index >= 15 is 0 Å². The molecule has 0 saturated carbocycles. The van der Waals surface area contributed by atoms with Crippen LogP contribution in [0.4, 0.5) is 5.82 Å². The molecule has 18 heavy (non-hydrogen) atoms. The topological polar surface area (TPSA) is 62.8 Å². The van der Waals surface area contributed by atoms with Crippen LogP contribution in [0, 0.1) is 0 Å². The van der Waals surface area contributed by atoms with E-state index in [9.17, 15) is 0 Å². The predicted octanol–water partition coefficient (Wildman–Crippen LogP) is 2.68. The van der Waals surface area contributed by atoms with E-state index in [-0.39, 0.29) is 0 Å². The van der Waals surface area contributed by atoms with Crippen molar-refractivity contribution in [2.45, 2.75) is 25.7 Å². The first-order chi connectivity index (χ1) is 8.54. The summed E-state index contributed by atoms with van der Waals surface area (Å²) >= 11 is 0. The van der Waals surface area contributed by atoms with Crippen molar-refractivity contribution in [2.75, 3.05) is 18.7 Å². The first-order valence-electron chi connectivity index (χ1n) is 6.16. The van der Waals surface area contributed by atoms with Crippen molar-refractivity contribution in [3.8, 4) is 0 Å². The monoisotopic (exact) mass is 264 g/mol. The lowest BCUT2D eigenvalue weighted by atomic mass is 10.5. The maximum atomic E-state index is 5.56. The summed E-state index contributed by atoms with van der Waals surface area (Å²) in [5.41, 5.74) is 1.67. The second kappa shape index (κ2) is 5.49. The van der Waals surface area contributed by atoms with Gasteiger partial charge in [-0.25, -0.2) is 9.97 Å². The summed E-state index contributed by atoms with van der Waals surface area (Å²) in [4.78, 5) is 11.7. The van der Waals surface area contributed by atoms with Crippen LogP contribution in [-0.2, 0) is 4.74 Å². The summed E-state index contributed by atoms with van der Waals surface area (Å²) in [6.45, 7) is 8.32. The van der Waals surface area contributed by atoms with Gasteiger partial charge in [0.1, 0.15) is 18.1 Å². The number of aromatic nitrogens is 3. The molecule has 0 saturated heterocycles. The van der Waals surface area contributed by atoms with E-state index in [1.165, 1.54) is 6.04 Å². The van der Waals surface area contributed by atoms with Gasteiger partial charge in [0.15, 0.2) is 5.65 Å². The molecule has 0 radical (unpaired) electrons. The molecule has 0 unspecified atom stereocenters. The van der Waals surface area contributed by atoms with E-state index in [2.05, 4.69) is 39.9 Å². The van der Waals surface area contributed by atoms with E-state index in [0.29, 0.717) is 6.73 Å². The van der Waals surface area contributed by atoms with Gasteiger partial charge in [0.2, 0.25) is 0 Å². The van der Waals surface area contributed by atoms with Crippen LogP contribution in [0.15, 0.2) is 18.5 Å². The normalized spacial score (nSPS) is 11.9. The SMILES string of the molecule is C[Si](C)(C)CCOCNc1cnc2[nH]ccc2n1. The van der Waals surface area contributed by atoms with Gasteiger partial charge in [0, 0.05) is 20.9 Å². The predicted molar refractivity (Wildman–Crippen MR) is 76.5 cm³/mol. The molecule has 0 aliphatic heterocycles. The van der Waals surface area contributed by atoms with E-state index in [1.807, 2.05) is 12.3 Å². The van der Waals surface area contributed by atoms with Crippen LogP contribution >= 0.6 is 0 Å². The van der Waals surface area contributed by atoms with Crippen LogP contribution < -0.4 is 5.32 Å². The molecule has 0 aromatic carbocycles. The Kier molecular flexibility index (Phi) is 3.98. The minimum absolute atomic E-state index is 0.481. The standard InChI is InChI=1S/C12H20N4OSi/c1-18(2,3)7-6-17-9-15-11-8-14-12-10(16-11)4-5-13-12/h4-5,8H,6-7,9H2,1-3H3,(H,13,14)(H,15,16). The molecule has 5 nitrogen and oxygen atoms in total. The third-order valence-electron chi connectivity index (χ3n) is 2.61. The van der Waals surface area contributed by atoms with Gasteiger partial charge in [-0.05, 0) is 12.1 Å². The molecule has 2 rings (SSSR count). The van der Waals surface area contributed by atoms with Crippen molar-refractivity contribution in [3.05, 3.63) is 18.5 Å². The summed E-state index contributed by atoms with van der Waals surface area (Å²) in [5.74, 6) is 0.745. The number of ether oxygens (including phenoxy) is 1. The molecule has 2 heterocycles. The van der Waals surface area contributed by atoms with Crippen molar-refractivity contribution < 1.29 is 4.74 Å². The van der Waals surface area contributed by atoms with Crippen LogP contribution in [0.25, 0.3) is 11.2 Å². The van der Waals surface area contributed by atoms with Gasteiger partial charge < -0.3 is 15.0 Å². The van der Waals surface area contributed by atoms with Crippen molar-refractivity contribution in [1.29, 1.82) is 0 Å². The van der Waals surface area contributed by atoms with Crippen molar-refractivity contribution >= 4 is 25.1 Å². The minimum Gasteiger partial charge on any atom is -0.362 e. The fraction of sp³-hybridized carbons (Fsp3) is 0.500. The zero-order valence-corrected chi connectivity index (χ0v) is 12.2. The lowest BCUT2D eigenvalue weighted by Gasteiger charge is -2.15. The molecular formula is C12H20N4OSi. The second-order valence-corrected chi connectivity index (χ2v) is 11.1. The summed E-state index contributed by atoms with van der Waals surface area (Å²) < 4.78 is 5.56. The quantitative estimate of drug-likeness (QED) is 0.478. The van der Waals surface area contributed by atoms with E-state index in [0.717, 1.165) is 23.6 Å². The second-order valence-electron chi connectivity index (χ2n) is 5.51. The van der Waals surface area contributed by atoms with E-state index < -0.39 is 8.07 Å². The molecule has 6 heteroatoms. The molecule has 0 amide bonds. The van der Waals surface area contributed by atoms with Crippen LogP contribution in [0.2, 0.25) is 25.7 Å². The average molecular weight is 264 g/mol. The van der Waals surface area contributed by atoms with Crippen molar-refractivity contribution in [3.63, 3.8) is 0 Å². The zero-order valence-electron chi connectivity index (χ0n) is 11.2. The maximum Gasteiger partial charge on any atom is 0.156 e. The fourth-order valence-electron chi connectivity index (χ4n) is 1.49. The summed E-state index contributed by atoms with van der Waals surface area (Å²) in [7, 11) is -0.999. The van der Waals surface area contributed by atoms with Crippen LogP contribution in [0.1, 0.15) is 0 Å². The number of aromatic amines is 1. The molecule has 98 valence electrons. The number of H-pyrrole nitrogens is 1. The lowest BCUT2D eigenvalue weighted by Crippen LogP contribution is -2.22. The fourth-order valence-corrected chi connectivity index (χ4v) is 2.25. The number of rotatable bonds is 6. The van der Waals surface area contributed by atoms with Crippen LogP contribution in [-0.4, -0.2) is 36.4 Å². The summed E-state index contributed by atoms with van der Waals surface area (Å²) in [6, 6.07) is 3.08. The number of hydrogen-bond donors (Lipinski definition) is 2. The van der Waals surface area contributed by atoms with Gasteiger partial charge in [-0.1, -0.05) is 19.6 Å². The Labute approximate surface area is 108 Å². The van der Waals surface area contributed by atoms with Crippen molar-refractivity contribution in [1.82, 2.24) is 15.0 Å². The number of nitrogens with one attached hydrogen (secondary N) is 2. The average Bonchev–Trinajstić information content (AvgIpc) is 2.74. The Morgan fingerprint density at radius 3 is 3.00 bits per heavy atom. The molecule has 0 spiro atoms. The largest absolute Gasteiger partial charge is 0.362 e. The molecule has 2 aromatic heterocycles. The van der Waals surface area contributed by atoms with Crippen LogP contribution in [0.3, 0.4) is 0 Å². The molecule has 0 aliphatic carbocycles. The third kappa shape index (κ3) is 3.81. The van der Waals surface area contributed by atoms with E-state index in [4.69, 9.17) is 4.74 Å². The highest BCUT2D eigenvalue weighted by atomic mass is 28.3. The first kappa shape index (κ1) is 13.0. The molecule has 0 bridgehead atoms. The maximum absolute atomic E-state index is 5.56. The van der Waals surface area contributed by atoms with Gasteiger partial charge in [-0.2, -0.15) is 0 Å². The molecular weight excluding hydrogens is 244 g/mol. The Bertz CT molecular complexity index is 506. The lowest BCUT2D eigenvalue weighted by molar-refractivity contribution is 0.165. The Hall–Kier alpha value is -1.40. The Morgan fingerprint density at radius 1 is 1.39 bits per heavy atom. The summed E-state index contributed by atoms with van der Waals surface area (Å²) in [6.07, 6.45) is 3.54. The van der Waals surface area contributed by atoms with Gasteiger partial charge in [-0.15, -0.1) is 0 Å². The van der Waals surface area contributed by atoms with Gasteiger partial charge in [0.05, 0.1) is 6.20 Å². The van der Waals surface area contributed by atoms with Gasteiger partial charge in [0.25, 0.3) is 0 Å². The smallest absolute Gasteiger partial charge is 0.156 e. The molecule has 2 N–H and O–H groups in total. The van der Waals surface area contributed by atoms with E-state index in [1.54, 1.807) is 6.20 Å². The van der Waals surface area contributed by atoms with Crippen LogP contribution in [0.5, 0.6) is 0 Å². The highest BCUT2D eigenvalue weighted by molar-refractivity contribution is 6.76. The first-order valence-corrected chi connectivity index (χ1v) is 9.87. The summed E-state index contributed by atoms with van der Waals surface area (Å²) in [5, 5.41) is 3.12. The minimum atomic E-state index is -0.999. The highest BCUT2D eigenvalue weighted by Crippen LogP contribution is 2.10. The number of nitrogens with zero attached hydrogens (tertiary/aromatic N) is 2. The highest BCUT2D eigenvalue weighted by Gasteiger charge is 2.11. The number of hydrogen-bond acceptors (Lipinski definition) is 4. The van der Waals surface area contributed by atoms with Gasteiger partial charge in [-0.3, -0.25) is 0 Å². The molecule has 0 aliphatic rings. The van der Waals surface area contributed by atoms with Gasteiger partial charge >= 0.3 is 0 Å². The number of anilines is 1. The molecule has 0 fully saturated rings. The Balaban J connectivity index is 1.76. The van der Waals surface area contributed by atoms with Crippen molar-refractivity contribution in [2.24, 2.45) is 0 Å². The third-order valence-corrected chi connectivity index (χ3v) is 4.32. The molecule has 0 atom stereocenters. The number of fused-ring (bicyclic) bond motifs is 1.